The van der Waals surface area contributed by atoms with Crippen LogP contribution in [0.1, 0.15) is 52.3 Å². The van der Waals surface area contributed by atoms with E-state index in [0.29, 0.717) is 11.7 Å². The summed E-state index contributed by atoms with van der Waals surface area (Å²) in [7, 11) is 1.10. The first kappa shape index (κ1) is 17.6. The number of likely N-dealkylation sites (tertiary alicyclic amines) is 1. The molecule has 0 amide bonds. The zero-order valence-corrected chi connectivity index (χ0v) is 15.1. The molecule has 6 nitrogen and oxygen atoms in total. The summed E-state index contributed by atoms with van der Waals surface area (Å²) in [6.45, 7) is 9.64. The Labute approximate surface area is 143 Å². The van der Waals surface area contributed by atoms with Crippen LogP contribution in [0.25, 0.3) is 6.08 Å². The minimum Gasteiger partial charge on any atom is -0.398 e. The number of halogens is 1. The summed E-state index contributed by atoms with van der Waals surface area (Å²) in [5.74, 6) is 0. The van der Waals surface area contributed by atoms with Crippen LogP contribution >= 0.6 is 0 Å². The molecule has 0 bridgehead atoms. The Balaban J connectivity index is 1.71. The second-order valence-electron chi connectivity index (χ2n) is 7.80. The van der Waals surface area contributed by atoms with Gasteiger partial charge >= 0.3 is 7.12 Å². The number of hydrogen-bond donors (Lipinski definition) is 0. The van der Waals surface area contributed by atoms with Crippen molar-refractivity contribution in [3.63, 3.8) is 0 Å². The lowest BCUT2D eigenvalue weighted by Crippen LogP contribution is -2.41. The lowest BCUT2D eigenvalue weighted by molar-refractivity contribution is 0.00578. The van der Waals surface area contributed by atoms with Crippen molar-refractivity contribution < 1.29 is 13.7 Å². The van der Waals surface area contributed by atoms with Crippen molar-refractivity contribution in [3.05, 3.63) is 17.6 Å². The van der Waals surface area contributed by atoms with Gasteiger partial charge in [-0.2, -0.15) is 0 Å². The molecule has 24 heavy (non-hydrogen) atoms. The monoisotopic (exact) mass is 336 g/mol. The molecule has 0 aliphatic carbocycles. The van der Waals surface area contributed by atoms with Crippen molar-refractivity contribution in [1.82, 2.24) is 19.9 Å². The van der Waals surface area contributed by atoms with Gasteiger partial charge in [-0.05, 0) is 60.2 Å². The van der Waals surface area contributed by atoms with Crippen LogP contribution in [0.4, 0.5) is 4.39 Å². The van der Waals surface area contributed by atoms with Gasteiger partial charge in [-0.3, -0.25) is 0 Å². The molecule has 0 aromatic carbocycles. The zero-order chi connectivity index (χ0) is 17.5. The van der Waals surface area contributed by atoms with Gasteiger partial charge in [-0.15, -0.1) is 5.10 Å². The average Bonchev–Trinajstić information content (AvgIpc) is 3.02. The van der Waals surface area contributed by atoms with Crippen molar-refractivity contribution in [2.24, 2.45) is 0 Å². The van der Waals surface area contributed by atoms with Crippen LogP contribution in [0.3, 0.4) is 0 Å². The molecule has 2 aliphatic heterocycles. The third-order valence-electron chi connectivity index (χ3n) is 5.27. The van der Waals surface area contributed by atoms with Gasteiger partial charge < -0.3 is 14.2 Å². The van der Waals surface area contributed by atoms with Crippen LogP contribution in [-0.4, -0.2) is 58.4 Å². The fourth-order valence-electron chi connectivity index (χ4n) is 3.06. The third-order valence-corrected chi connectivity index (χ3v) is 5.27. The van der Waals surface area contributed by atoms with Crippen molar-refractivity contribution in [2.75, 3.05) is 20.1 Å². The van der Waals surface area contributed by atoms with E-state index in [1.807, 2.05) is 32.4 Å². The zero-order valence-electron chi connectivity index (χ0n) is 15.1. The quantitative estimate of drug-likeness (QED) is 0.794. The van der Waals surface area contributed by atoms with Gasteiger partial charge in [0, 0.05) is 6.54 Å². The second kappa shape index (κ2) is 6.24. The molecule has 2 aliphatic rings. The van der Waals surface area contributed by atoms with Crippen molar-refractivity contribution in [3.8, 4) is 0 Å². The highest BCUT2D eigenvalue weighted by Gasteiger charge is 2.53. The van der Waals surface area contributed by atoms with Crippen molar-refractivity contribution in [1.29, 1.82) is 0 Å². The van der Waals surface area contributed by atoms with E-state index in [1.165, 1.54) is 6.08 Å². The van der Waals surface area contributed by atoms with Crippen LogP contribution < -0.4 is 0 Å². The smallest absolute Gasteiger partial charge is 0.398 e. The lowest BCUT2D eigenvalue weighted by Gasteiger charge is -2.32. The minimum atomic E-state index is -0.999. The van der Waals surface area contributed by atoms with Crippen LogP contribution in [0.5, 0.6) is 0 Å². The standard InChI is InChI=1S/C16H26BFN4O2/c1-15(2)16(3,4)24-17(23-15)14(18)9-12-10-22(20-19-12)13-7-6-8-21(5)11-13/h9-10,13H,6-8,11H2,1-5H3. The largest absolute Gasteiger partial charge is 0.525 e. The molecular formula is C16H26BFN4O2. The predicted molar refractivity (Wildman–Crippen MR) is 91.0 cm³/mol. The molecule has 8 heteroatoms. The normalized spacial score (nSPS) is 27.7. The summed E-state index contributed by atoms with van der Waals surface area (Å²) in [4.78, 5) is 2.27. The number of rotatable bonds is 3. The van der Waals surface area contributed by atoms with E-state index >= 15 is 0 Å². The van der Waals surface area contributed by atoms with Crippen molar-refractivity contribution >= 4 is 13.2 Å². The summed E-state index contributed by atoms with van der Waals surface area (Å²) >= 11 is 0. The maximum atomic E-state index is 14.5. The summed E-state index contributed by atoms with van der Waals surface area (Å²) in [5, 5.41) is 8.23. The van der Waals surface area contributed by atoms with E-state index < -0.39 is 24.0 Å². The van der Waals surface area contributed by atoms with Crippen molar-refractivity contribution in [2.45, 2.75) is 57.8 Å². The van der Waals surface area contributed by atoms with E-state index in [4.69, 9.17) is 9.31 Å². The molecule has 0 saturated carbocycles. The molecule has 1 aromatic rings. The molecule has 3 heterocycles. The molecule has 0 radical (unpaired) electrons. The fraction of sp³-hybridized carbons (Fsp3) is 0.750. The van der Waals surface area contributed by atoms with Gasteiger partial charge in [-0.1, -0.05) is 5.21 Å². The Kier molecular flexibility index (Phi) is 4.57. The Morgan fingerprint density at radius 3 is 2.62 bits per heavy atom. The molecule has 2 saturated heterocycles. The lowest BCUT2D eigenvalue weighted by atomic mass is 9.87. The Bertz CT molecular complexity index is 615. The maximum absolute atomic E-state index is 14.5. The maximum Gasteiger partial charge on any atom is 0.525 e. The highest BCUT2D eigenvalue weighted by atomic mass is 19.1. The van der Waals surface area contributed by atoms with Gasteiger partial charge in [0.1, 0.15) is 11.4 Å². The molecule has 3 rings (SSSR count). The summed E-state index contributed by atoms with van der Waals surface area (Å²) in [5.41, 5.74) is -1.13. The minimum absolute atomic E-state index is 0.290. The van der Waals surface area contributed by atoms with Gasteiger partial charge in [0.2, 0.25) is 0 Å². The number of aromatic nitrogens is 3. The first-order chi connectivity index (χ1) is 11.2. The highest BCUT2D eigenvalue weighted by Crippen LogP contribution is 2.39. The Hall–Kier alpha value is -1.25. The molecule has 132 valence electrons. The van der Waals surface area contributed by atoms with Gasteiger partial charge in [-0.25, -0.2) is 9.07 Å². The van der Waals surface area contributed by atoms with Gasteiger partial charge in [0.05, 0.1) is 23.4 Å². The molecule has 0 N–H and O–H groups in total. The topological polar surface area (TPSA) is 52.4 Å². The Morgan fingerprint density at radius 2 is 2.00 bits per heavy atom. The van der Waals surface area contributed by atoms with Crippen LogP contribution in [-0.2, 0) is 9.31 Å². The van der Waals surface area contributed by atoms with E-state index in [-0.39, 0.29) is 0 Å². The molecule has 0 spiro atoms. The average molecular weight is 336 g/mol. The van der Waals surface area contributed by atoms with Gasteiger partial charge in [0.25, 0.3) is 0 Å². The Morgan fingerprint density at radius 1 is 1.33 bits per heavy atom. The third kappa shape index (κ3) is 3.41. The van der Waals surface area contributed by atoms with Crippen LogP contribution in [0.2, 0.25) is 0 Å². The predicted octanol–water partition coefficient (Wildman–Crippen LogP) is 2.49. The molecule has 1 unspecified atom stereocenters. The number of nitrogens with zero attached hydrogens (tertiary/aromatic N) is 4. The number of piperidine rings is 1. The molecule has 2 fully saturated rings. The van der Waals surface area contributed by atoms with Gasteiger partial charge in [0.15, 0.2) is 0 Å². The first-order valence-corrected chi connectivity index (χ1v) is 8.51. The summed E-state index contributed by atoms with van der Waals surface area (Å²) in [6.07, 6.45) is 5.33. The second-order valence-corrected chi connectivity index (χ2v) is 7.80. The first-order valence-electron chi connectivity index (χ1n) is 8.51. The van der Waals surface area contributed by atoms with E-state index in [0.717, 1.165) is 25.9 Å². The summed E-state index contributed by atoms with van der Waals surface area (Å²) in [6, 6.07) is 0.290. The molecular weight excluding hydrogens is 310 g/mol. The van der Waals surface area contributed by atoms with E-state index in [1.54, 1.807) is 6.20 Å². The highest BCUT2D eigenvalue weighted by molar-refractivity contribution is 6.54. The van der Waals surface area contributed by atoms with Crippen LogP contribution in [0, 0.1) is 0 Å². The van der Waals surface area contributed by atoms with Crippen LogP contribution in [0.15, 0.2) is 11.9 Å². The number of hydrogen-bond acceptors (Lipinski definition) is 5. The SMILES string of the molecule is CN1CCCC(n2cc(C=C(F)B3OC(C)(C)C(C)(C)O3)nn2)C1. The van der Waals surface area contributed by atoms with E-state index in [9.17, 15) is 4.39 Å². The molecule has 1 aromatic heterocycles. The number of likely N-dealkylation sites (N-methyl/N-ethyl adjacent to an activating group) is 1. The van der Waals surface area contributed by atoms with E-state index in [2.05, 4.69) is 22.3 Å². The molecule has 1 atom stereocenters. The fourth-order valence-corrected chi connectivity index (χ4v) is 3.06. The summed E-state index contributed by atoms with van der Waals surface area (Å²) < 4.78 is 27.8.